The Labute approximate surface area is 160 Å². The van der Waals surface area contributed by atoms with Crippen molar-refractivity contribution in [3.63, 3.8) is 0 Å². The van der Waals surface area contributed by atoms with Gasteiger partial charge >= 0.3 is 0 Å². The number of nitrogens with zero attached hydrogens (tertiary/aromatic N) is 3. The Morgan fingerprint density at radius 3 is 2.63 bits per heavy atom. The summed E-state index contributed by atoms with van der Waals surface area (Å²) in [5.74, 6) is 0.0765. The second-order valence-electron chi connectivity index (χ2n) is 7.19. The first-order valence-corrected chi connectivity index (χ1v) is 9.44. The van der Waals surface area contributed by atoms with Crippen molar-refractivity contribution in [2.75, 3.05) is 13.1 Å². The molecule has 1 saturated heterocycles. The molecule has 6 nitrogen and oxygen atoms in total. The van der Waals surface area contributed by atoms with Crippen LogP contribution in [0.25, 0.3) is 0 Å². The number of carbonyl (C=O) groups is 2. The van der Waals surface area contributed by atoms with Gasteiger partial charge in [-0.25, -0.2) is 0 Å². The van der Waals surface area contributed by atoms with Crippen molar-refractivity contribution in [3.8, 4) is 0 Å². The van der Waals surface area contributed by atoms with Crippen LogP contribution in [0.1, 0.15) is 41.4 Å². The zero-order valence-corrected chi connectivity index (χ0v) is 15.9. The summed E-state index contributed by atoms with van der Waals surface area (Å²) in [4.78, 5) is 35.4. The van der Waals surface area contributed by atoms with Gasteiger partial charge in [0.2, 0.25) is 5.91 Å². The van der Waals surface area contributed by atoms with Crippen LogP contribution in [0.4, 0.5) is 0 Å². The molecule has 1 atom stereocenters. The molecular weight excluding hydrogens is 340 g/mol. The molecule has 0 radical (unpaired) electrons. The summed E-state index contributed by atoms with van der Waals surface area (Å²) in [6.07, 6.45) is 7.06. The van der Waals surface area contributed by atoms with Crippen molar-refractivity contribution in [2.45, 2.75) is 39.2 Å². The lowest BCUT2D eigenvalue weighted by Gasteiger charge is -2.32. The number of carbonyl (C=O) groups excluding carboxylic acids is 2. The van der Waals surface area contributed by atoms with E-state index in [1.165, 1.54) is 0 Å². The monoisotopic (exact) mass is 366 g/mol. The largest absolute Gasteiger partial charge is 0.353 e. The smallest absolute Gasteiger partial charge is 0.254 e. The van der Waals surface area contributed by atoms with Crippen LogP contribution in [0, 0.1) is 12.8 Å². The number of likely N-dealkylation sites (tertiary alicyclic amines) is 1. The highest BCUT2D eigenvalue weighted by atomic mass is 16.2. The third kappa shape index (κ3) is 4.90. The number of aryl methyl sites for hydroxylation is 1. The predicted molar refractivity (Wildman–Crippen MR) is 103 cm³/mol. The fraction of sp³-hybridized carbons (Fsp3) is 0.429. The van der Waals surface area contributed by atoms with Crippen LogP contribution in [0.3, 0.4) is 0 Å². The highest BCUT2D eigenvalue weighted by Gasteiger charge is 2.28. The molecule has 27 heavy (non-hydrogen) atoms. The first kappa shape index (κ1) is 19.0. The minimum atomic E-state index is -0.0461. The van der Waals surface area contributed by atoms with Crippen LogP contribution < -0.4 is 5.32 Å². The van der Waals surface area contributed by atoms with Crippen LogP contribution in [0.2, 0.25) is 0 Å². The summed E-state index contributed by atoms with van der Waals surface area (Å²) in [6, 6.07) is 7.64. The summed E-state index contributed by atoms with van der Waals surface area (Å²) in [5, 5.41) is 3.07. The Hall–Kier alpha value is -2.76. The van der Waals surface area contributed by atoms with Gasteiger partial charge in [-0.1, -0.05) is 18.2 Å². The zero-order valence-electron chi connectivity index (χ0n) is 15.9. The Bertz CT molecular complexity index is 786. The van der Waals surface area contributed by atoms with Gasteiger partial charge in [0.25, 0.3) is 5.91 Å². The highest BCUT2D eigenvalue weighted by Crippen LogP contribution is 2.20. The number of rotatable bonds is 5. The fourth-order valence-electron chi connectivity index (χ4n) is 3.49. The van der Waals surface area contributed by atoms with Crippen molar-refractivity contribution in [3.05, 3.63) is 59.7 Å². The van der Waals surface area contributed by atoms with Crippen molar-refractivity contribution in [1.29, 1.82) is 0 Å². The summed E-state index contributed by atoms with van der Waals surface area (Å²) < 4.78 is 0. The molecule has 0 spiro atoms. The molecule has 142 valence electrons. The lowest BCUT2D eigenvalue weighted by atomic mass is 9.94. The van der Waals surface area contributed by atoms with Crippen molar-refractivity contribution in [2.24, 2.45) is 5.92 Å². The average molecular weight is 366 g/mol. The SMILES string of the molecule is Cc1ccccc1C(=O)N1CCC(C(=O)NC(C)Cc2cnccn2)CC1. The molecule has 2 aromatic rings. The Balaban J connectivity index is 1.49. The second-order valence-corrected chi connectivity index (χ2v) is 7.19. The van der Waals surface area contributed by atoms with E-state index in [9.17, 15) is 9.59 Å². The molecule has 1 aromatic carbocycles. The van der Waals surface area contributed by atoms with E-state index in [1.807, 2.05) is 43.0 Å². The van der Waals surface area contributed by atoms with E-state index in [0.717, 1.165) is 16.8 Å². The van der Waals surface area contributed by atoms with E-state index in [0.29, 0.717) is 32.4 Å². The molecule has 2 heterocycles. The van der Waals surface area contributed by atoms with Crippen LogP contribution in [0.15, 0.2) is 42.9 Å². The molecule has 3 rings (SSSR count). The van der Waals surface area contributed by atoms with Crippen LogP contribution in [-0.2, 0) is 11.2 Å². The van der Waals surface area contributed by atoms with Gasteiger partial charge in [0.1, 0.15) is 0 Å². The van der Waals surface area contributed by atoms with E-state index in [1.54, 1.807) is 18.6 Å². The maximum absolute atomic E-state index is 12.7. The molecule has 0 bridgehead atoms. The number of amides is 2. The summed E-state index contributed by atoms with van der Waals surface area (Å²) in [6.45, 7) is 5.16. The van der Waals surface area contributed by atoms with Gasteiger partial charge in [0.15, 0.2) is 0 Å². The Morgan fingerprint density at radius 2 is 1.96 bits per heavy atom. The van der Waals surface area contributed by atoms with Crippen molar-refractivity contribution >= 4 is 11.8 Å². The van der Waals surface area contributed by atoms with Gasteiger partial charge in [0, 0.05) is 55.6 Å². The van der Waals surface area contributed by atoms with Crippen LogP contribution >= 0.6 is 0 Å². The van der Waals surface area contributed by atoms with Gasteiger partial charge in [-0.3, -0.25) is 19.6 Å². The standard InChI is InChI=1S/C21H26N4O2/c1-15-5-3-4-6-19(15)21(27)25-11-7-17(8-12-25)20(26)24-16(2)13-18-14-22-9-10-23-18/h3-6,9-10,14,16-17H,7-8,11-13H2,1-2H3,(H,24,26). The van der Waals surface area contributed by atoms with Gasteiger partial charge in [-0.2, -0.15) is 0 Å². The molecule has 0 saturated carbocycles. The van der Waals surface area contributed by atoms with Crippen LogP contribution in [-0.4, -0.2) is 45.8 Å². The van der Waals surface area contributed by atoms with E-state index in [4.69, 9.17) is 0 Å². The molecule has 1 N–H and O–H groups in total. The molecule has 1 aliphatic heterocycles. The molecule has 1 fully saturated rings. The van der Waals surface area contributed by atoms with E-state index < -0.39 is 0 Å². The number of nitrogens with one attached hydrogen (secondary N) is 1. The lowest BCUT2D eigenvalue weighted by Crippen LogP contribution is -2.45. The van der Waals surface area contributed by atoms with E-state index >= 15 is 0 Å². The average Bonchev–Trinajstić information content (AvgIpc) is 2.68. The summed E-state index contributed by atoms with van der Waals surface area (Å²) >= 11 is 0. The maximum Gasteiger partial charge on any atom is 0.254 e. The van der Waals surface area contributed by atoms with Gasteiger partial charge in [0.05, 0.1) is 5.69 Å². The minimum Gasteiger partial charge on any atom is -0.353 e. The molecular formula is C21H26N4O2. The Kier molecular flexibility index (Phi) is 6.16. The summed E-state index contributed by atoms with van der Waals surface area (Å²) in [5.41, 5.74) is 2.60. The van der Waals surface area contributed by atoms with Gasteiger partial charge in [-0.05, 0) is 38.3 Å². The molecule has 0 aliphatic carbocycles. The van der Waals surface area contributed by atoms with Crippen molar-refractivity contribution < 1.29 is 9.59 Å². The van der Waals surface area contributed by atoms with Gasteiger partial charge < -0.3 is 10.2 Å². The third-order valence-electron chi connectivity index (χ3n) is 5.05. The fourth-order valence-corrected chi connectivity index (χ4v) is 3.49. The first-order valence-electron chi connectivity index (χ1n) is 9.44. The number of hydrogen-bond acceptors (Lipinski definition) is 4. The number of piperidine rings is 1. The van der Waals surface area contributed by atoms with Crippen molar-refractivity contribution in [1.82, 2.24) is 20.2 Å². The normalized spacial score (nSPS) is 16.0. The summed E-state index contributed by atoms with van der Waals surface area (Å²) in [7, 11) is 0. The number of hydrogen-bond donors (Lipinski definition) is 1. The lowest BCUT2D eigenvalue weighted by molar-refractivity contribution is -0.126. The highest BCUT2D eigenvalue weighted by molar-refractivity contribution is 5.95. The topological polar surface area (TPSA) is 75.2 Å². The van der Waals surface area contributed by atoms with Gasteiger partial charge in [-0.15, -0.1) is 0 Å². The molecule has 2 amide bonds. The molecule has 6 heteroatoms. The Morgan fingerprint density at radius 1 is 1.22 bits per heavy atom. The number of benzene rings is 1. The quantitative estimate of drug-likeness (QED) is 0.882. The second kappa shape index (κ2) is 8.75. The maximum atomic E-state index is 12.7. The zero-order chi connectivity index (χ0) is 19.2. The first-order chi connectivity index (χ1) is 13.0. The predicted octanol–water partition coefficient (Wildman–Crippen LogP) is 2.38. The molecule has 1 unspecified atom stereocenters. The number of aromatic nitrogens is 2. The molecule has 1 aromatic heterocycles. The van der Waals surface area contributed by atoms with Crippen LogP contribution in [0.5, 0.6) is 0 Å². The minimum absolute atomic E-state index is 0.000768. The third-order valence-corrected chi connectivity index (χ3v) is 5.05. The van der Waals surface area contributed by atoms with E-state index in [2.05, 4.69) is 15.3 Å². The van der Waals surface area contributed by atoms with E-state index in [-0.39, 0.29) is 23.8 Å². The molecule has 1 aliphatic rings.